The third-order valence-corrected chi connectivity index (χ3v) is 2.61. The molecule has 0 radical (unpaired) electrons. The number of nitrogens with one attached hydrogen (secondary N) is 1. The number of nitrogens with zero attached hydrogens (tertiary/aromatic N) is 2. The average molecular weight is 242 g/mol. The predicted octanol–water partition coefficient (Wildman–Crippen LogP) is 1.33. The molecule has 1 unspecified atom stereocenters. The molecule has 1 aromatic heterocycles. The van der Waals surface area contributed by atoms with Gasteiger partial charge in [0.2, 0.25) is 0 Å². The second-order valence-corrected chi connectivity index (χ2v) is 4.15. The van der Waals surface area contributed by atoms with Gasteiger partial charge in [-0.25, -0.2) is 4.79 Å². The second kappa shape index (κ2) is 4.67. The van der Waals surface area contributed by atoms with Crippen molar-refractivity contribution in [2.45, 2.75) is 12.5 Å². The van der Waals surface area contributed by atoms with Crippen molar-refractivity contribution in [1.82, 2.24) is 9.88 Å². The fraction of sp³-hybridized carbons (Fsp3) is 0.400. The highest BCUT2D eigenvalue weighted by Crippen LogP contribution is 2.15. The van der Waals surface area contributed by atoms with Crippen molar-refractivity contribution in [3.63, 3.8) is 0 Å². The fourth-order valence-corrected chi connectivity index (χ4v) is 1.78. The first-order valence-electron chi connectivity index (χ1n) is 4.99. The van der Waals surface area contributed by atoms with Crippen LogP contribution in [-0.4, -0.2) is 40.2 Å². The summed E-state index contributed by atoms with van der Waals surface area (Å²) in [4.78, 5) is 17.1. The van der Waals surface area contributed by atoms with E-state index in [9.17, 15) is 9.90 Å². The molecule has 2 amide bonds. The van der Waals surface area contributed by atoms with Crippen LogP contribution in [0.25, 0.3) is 0 Å². The van der Waals surface area contributed by atoms with Gasteiger partial charge in [-0.1, -0.05) is 11.6 Å². The van der Waals surface area contributed by atoms with Crippen molar-refractivity contribution in [3.05, 3.63) is 23.5 Å². The van der Waals surface area contributed by atoms with Crippen LogP contribution in [0.1, 0.15) is 6.42 Å². The molecule has 1 fully saturated rings. The zero-order valence-corrected chi connectivity index (χ0v) is 9.31. The number of likely N-dealkylation sites (tertiary alicyclic amines) is 1. The van der Waals surface area contributed by atoms with Gasteiger partial charge in [-0.15, -0.1) is 0 Å². The molecule has 0 aromatic carbocycles. The Balaban J connectivity index is 1.97. The van der Waals surface area contributed by atoms with Crippen molar-refractivity contribution in [2.75, 3.05) is 18.4 Å². The number of pyridine rings is 1. The first kappa shape index (κ1) is 11.2. The minimum Gasteiger partial charge on any atom is -0.391 e. The summed E-state index contributed by atoms with van der Waals surface area (Å²) in [6.45, 7) is 0.945. The number of rotatable bonds is 1. The number of carbonyl (C=O) groups excluding carboxylic acids is 1. The summed E-state index contributed by atoms with van der Waals surface area (Å²) in [5, 5.41) is 12.4. The van der Waals surface area contributed by atoms with E-state index < -0.39 is 6.10 Å². The molecular formula is C10H12ClN3O2. The van der Waals surface area contributed by atoms with Crippen LogP contribution in [0.3, 0.4) is 0 Å². The van der Waals surface area contributed by atoms with Crippen LogP contribution in [0.4, 0.5) is 10.5 Å². The van der Waals surface area contributed by atoms with Crippen LogP contribution in [0, 0.1) is 0 Å². The molecule has 16 heavy (non-hydrogen) atoms. The number of aliphatic hydroxyl groups is 1. The molecule has 86 valence electrons. The van der Waals surface area contributed by atoms with Crippen LogP contribution in [-0.2, 0) is 0 Å². The molecule has 6 heteroatoms. The minimum absolute atomic E-state index is 0.236. The van der Waals surface area contributed by atoms with Gasteiger partial charge < -0.3 is 15.3 Å². The molecule has 2 rings (SSSR count). The highest BCUT2D eigenvalue weighted by Gasteiger charge is 2.24. The molecule has 0 bridgehead atoms. The molecule has 1 aliphatic rings. The predicted molar refractivity (Wildman–Crippen MR) is 60.5 cm³/mol. The lowest BCUT2D eigenvalue weighted by Crippen LogP contribution is -2.33. The summed E-state index contributed by atoms with van der Waals surface area (Å²) in [6, 6.07) is 1.39. The highest BCUT2D eigenvalue weighted by atomic mass is 35.5. The van der Waals surface area contributed by atoms with Crippen LogP contribution in [0.15, 0.2) is 18.5 Å². The molecule has 2 N–H and O–H groups in total. The van der Waals surface area contributed by atoms with E-state index in [2.05, 4.69) is 10.3 Å². The Bertz CT molecular complexity index is 399. The molecule has 1 saturated heterocycles. The number of β-amino-alcohol motifs (C(OH)–C–C–N with tert-alkyl or cyclic N) is 1. The Morgan fingerprint density at radius 2 is 2.44 bits per heavy atom. The van der Waals surface area contributed by atoms with Gasteiger partial charge in [0.05, 0.1) is 23.0 Å². The molecule has 1 atom stereocenters. The molecule has 5 nitrogen and oxygen atoms in total. The van der Waals surface area contributed by atoms with Gasteiger partial charge >= 0.3 is 6.03 Å². The largest absolute Gasteiger partial charge is 0.391 e. The quantitative estimate of drug-likeness (QED) is 0.780. The van der Waals surface area contributed by atoms with Crippen LogP contribution >= 0.6 is 11.6 Å². The van der Waals surface area contributed by atoms with Gasteiger partial charge in [-0.2, -0.15) is 0 Å². The highest BCUT2D eigenvalue weighted by molar-refractivity contribution is 6.30. The smallest absolute Gasteiger partial charge is 0.321 e. The van der Waals surface area contributed by atoms with E-state index in [0.29, 0.717) is 30.2 Å². The maximum atomic E-state index is 11.7. The standard InChI is InChI=1S/C10H12ClN3O2/c11-7-3-8(5-12-4-7)13-10(16)14-2-1-9(15)6-14/h3-5,9,15H,1-2,6H2,(H,13,16). The van der Waals surface area contributed by atoms with Gasteiger partial charge in [0.25, 0.3) is 0 Å². The fourth-order valence-electron chi connectivity index (χ4n) is 1.61. The zero-order valence-electron chi connectivity index (χ0n) is 8.56. The van der Waals surface area contributed by atoms with Gasteiger partial charge in [0.15, 0.2) is 0 Å². The number of carbonyl (C=O) groups is 1. The second-order valence-electron chi connectivity index (χ2n) is 3.71. The summed E-state index contributed by atoms with van der Waals surface area (Å²) in [6.07, 6.45) is 3.23. The van der Waals surface area contributed by atoms with Gasteiger partial charge in [0, 0.05) is 19.3 Å². The Kier molecular flexibility index (Phi) is 3.26. The van der Waals surface area contributed by atoms with Gasteiger partial charge in [0.1, 0.15) is 0 Å². The van der Waals surface area contributed by atoms with E-state index >= 15 is 0 Å². The van der Waals surface area contributed by atoms with Crippen LogP contribution in [0.2, 0.25) is 5.02 Å². The number of hydrogen-bond acceptors (Lipinski definition) is 3. The minimum atomic E-state index is -0.414. The Labute approximate surface area is 98.0 Å². The van der Waals surface area contributed by atoms with Crippen molar-refractivity contribution < 1.29 is 9.90 Å². The Morgan fingerprint density at radius 1 is 1.62 bits per heavy atom. The maximum Gasteiger partial charge on any atom is 0.321 e. The lowest BCUT2D eigenvalue weighted by Gasteiger charge is -2.16. The van der Waals surface area contributed by atoms with Crippen LogP contribution < -0.4 is 5.32 Å². The normalized spacial score (nSPS) is 19.9. The summed E-state index contributed by atoms with van der Waals surface area (Å²) in [5.74, 6) is 0. The number of aromatic nitrogens is 1. The summed E-state index contributed by atoms with van der Waals surface area (Å²) >= 11 is 5.74. The van der Waals surface area contributed by atoms with Crippen LogP contribution in [0.5, 0.6) is 0 Å². The average Bonchev–Trinajstić information content (AvgIpc) is 2.65. The lowest BCUT2D eigenvalue weighted by atomic mass is 10.3. The van der Waals surface area contributed by atoms with Crippen molar-refractivity contribution in [1.29, 1.82) is 0 Å². The molecule has 0 aliphatic carbocycles. The number of amides is 2. The Hall–Kier alpha value is -1.33. The van der Waals surface area contributed by atoms with Gasteiger partial charge in [-0.05, 0) is 12.5 Å². The van der Waals surface area contributed by atoms with E-state index in [1.54, 1.807) is 11.0 Å². The number of aliphatic hydroxyl groups excluding tert-OH is 1. The monoisotopic (exact) mass is 241 g/mol. The summed E-state index contributed by atoms with van der Waals surface area (Å²) in [7, 11) is 0. The molecule has 2 heterocycles. The molecule has 1 aliphatic heterocycles. The van der Waals surface area contributed by atoms with Crippen molar-refractivity contribution in [3.8, 4) is 0 Å². The SMILES string of the molecule is O=C(Nc1cncc(Cl)c1)N1CCC(O)C1. The van der Waals surface area contributed by atoms with E-state index in [1.807, 2.05) is 0 Å². The zero-order chi connectivity index (χ0) is 11.5. The molecule has 1 aromatic rings. The lowest BCUT2D eigenvalue weighted by molar-refractivity contribution is 0.176. The van der Waals surface area contributed by atoms with Crippen molar-refractivity contribution in [2.24, 2.45) is 0 Å². The van der Waals surface area contributed by atoms with Crippen molar-refractivity contribution >= 4 is 23.3 Å². The number of hydrogen-bond donors (Lipinski definition) is 2. The first-order chi connectivity index (χ1) is 7.65. The van der Waals surface area contributed by atoms with E-state index in [-0.39, 0.29) is 6.03 Å². The summed E-state index contributed by atoms with van der Waals surface area (Å²) in [5.41, 5.74) is 0.555. The van der Waals surface area contributed by atoms with Gasteiger partial charge in [-0.3, -0.25) is 4.98 Å². The maximum absolute atomic E-state index is 11.7. The third-order valence-electron chi connectivity index (χ3n) is 2.41. The third kappa shape index (κ3) is 2.62. The molecule has 0 saturated carbocycles. The first-order valence-corrected chi connectivity index (χ1v) is 5.37. The Morgan fingerprint density at radius 3 is 3.06 bits per heavy atom. The van der Waals surface area contributed by atoms with E-state index in [4.69, 9.17) is 11.6 Å². The summed E-state index contributed by atoms with van der Waals surface area (Å²) < 4.78 is 0. The topological polar surface area (TPSA) is 65.5 Å². The number of halogens is 1. The molecular weight excluding hydrogens is 230 g/mol. The molecule has 0 spiro atoms. The number of anilines is 1. The van der Waals surface area contributed by atoms with E-state index in [0.717, 1.165) is 0 Å². The number of urea groups is 1. The van der Waals surface area contributed by atoms with E-state index in [1.165, 1.54) is 12.4 Å².